The first kappa shape index (κ1) is 22.9. The van der Waals surface area contributed by atoms with Crippen molar-refractivity contribution in [2.24, 2.45) is 0 Å². The molecule has 0 aliphatic carbocycles. The second kappa shape index (κ2) is 9.76. The largest absolute Gasteiger partial charge is 0.507 e. The zero-order valence-electron chi connectivity index (χ0n) is 20.1. The van der Waals surface area contributed by atoms with Gasteiger partial charge in [0.2, 0.25) is 5.82 Å². The number of phenolic OH excluding ortho intramolecular Hbond substituents is 1. The Labute approximate surface area is 205 Å². The molecule has 2 bridgehead atoms. The molecule has 2 aliphatic heterocycles. The summed E-state index contributed by atoms with van der Waals surface area (Å²) in [5.41, 5.74) is 8.39. The minimum Gasteiger partial charge on any atom is -0.507 e. The van der Waals surface area contributed by atoms with Crippen molar-refractivity contribution in [2.75, 3.05) is 49.3 Å². The Morgan fingerprint density at radius 3 is 2.77 bits per heavy atom. The predicted octanol–water partition coefficient (Wildman–Crippen LogP) is 2.38. The van der Waals surface area contributed by atoms with E-state index in [2.05, 4.69) is 36.8 Å². The maximum atomic E-state index is 10.3. The summed E-state index contributed by atoms with van der Waals surface area (Å²) in [6.07, 6.45) is 5.00. The maximum absolute atomic E-state index is 10.3. The summed E-state index contributed by atoms with van der Waals surface area (Å²) < 4.78 is 0. The Balaban J connectivity index is 1.40. The van der Waals surface area contributed by atoms with Gasteiger partial charge >= 0.3 is 0 Å². The van der Waals surface area contributed by atoms with Crippen LogP contribution in [-0.4, -0.2) is 76.0 Å². The SMILES string of the molecule is CN(C)CC#Cc1nccc(N2C3CCC2CN(c2cc(-c4ccccc4O)nnc2N)CC3)n1. The summed E-state index contributed by atoms with van der Waals surface area (Å²) in [7, 11) is 3.98. The van der Waals surface area contributed by atoms with E-state index in [1.165, 1.54) is 0 Å². The van der Waals surface area contributed by atoms with Gasteiger partial charge in [-0.25, -0.2) is 9.97 Å². The topological polar surface area (TPSA) is 108 Å². The lowest BCUT2D eigenvalue weighted by atomic mass is 10.1. The van der Waals surface area contributed by atoms with Gasteiger partial charge in [0, 0.05) is 36.9 Å². The lowest BCUT2D eigenvalue weighted by molar-refractivity contribution is 0.464. The molecular weight excluding hydrogens is 440 g/mol. The Kier molecular flexibility index (Phi) is 6.38. The number of nitrogen functional groups attached to an aromatic ring is 1. The Bertz CT molecular complexity index is 1270. The van der Waals surface area contributed by atoms with Crippen LogP contribution in [0.4, 0.5) is 17.3 Å². The van der Waals surface area contributed by atoms with Crippen molar-refractivity contribution in [1.29, 1.82) is 0 Å². The van der Waals surface area contributed by atoms with Gasteiger partial charge in [0.1, 0.15) is 11.6 Å². The molecule has 2 unspecified atom stereocenters. The number of phenols is 1. The second-order valence-corrected chi connectivity index (χ2v) is 9.32. The van der Waals surface area contributed by atoms with Gasteiger partial charge in [-0.3, -0.25) is 4.90 Å². The molecule has 9 heteroatoms. The number of para-hydroxylation sites is 1. The molecule has 2 aliphatic rings. The quantitative estimate of drug-likeness (QED) is 0.556. The number of benzene rings is 1. The molecule has 2 aromatic heterocycles. The van der Waals surface area contributed by atoms with E-state index in [0.29, 0.717) is 41.5 Å². The van der Waals surface area contributed by atoms with Gasteiger partial charge in [0.25, 0.3) is 0 Å². The fourth-order valence-electron chi connectivity index (χ4n) is 4.96. The highest BCUT2D eigenvalue weighted by Gasteiger charge is 2.38. The summed E-state index contributed by atoms with van der Waals surface area (Å²) >= 11 is 0. The predicted molar refractivity (Wildman–Crippen MR) is 137 cm³/mol. The maximum Gasteiger partial charge on any atom is 0.206 e. The lowest BCUT2D eigenvalue weighted by Crippen LogP contribution is -2.40. The average Bonchev–Trinajstić information content (AvgIpc) is 3.14. The molecule has 3 aromatic rings. The Morgan fingerprint density at radius 2 is 1.94 bits per heavy atom. The first-order chi connectivity index (χ1) is 17.0. The van der Waals surface area contributed by atoms with Gasteiger partial charge in [0.05, 0.1) is 17.9 Å². The van der Waals surface area contributed by atoms with Crippen LogP contribution >= 0.6 is 0 Å². The highest BCUT2D eigenvalue weighted by molar-refractivity contribution is 5.74. The molecule has 35 heavy (non-hydrogen) atoms. The third-order valence-electron chi connectivity index (χ3n) is 6.61. The molecule has 2 fully saturated rings. The zero-order valence-corrected chi connectivity index (χ0v) is 20.1. The molecule has 0 saturated carbocycles. The fourth-order valence-corrected chi connectivity index (χ4v) is 4.96. The molecule has 0 amide bonds. The van der Waals surface area contributed by atoms with Crippen molar-refractivity contribution in [2.45, 2.75) is 31.3 Å². The summed E-state index contributed by atoms with van der Waals surface area (Å²) in [6, 6.07) is 11.8. The smallest absolute Gasteiger partial charge is 0.206 e. The summed E-state index contributed by atoms with van der Waals surface area (Å²) in [5.74, 6) is 8.26. The number of nitrogens with two attached hydrogens (primary N) is 1. The van der Waals surface area contributed by atoms with Gasteiger partial charge in [-0.15, -0.1) is 10.2 Å². The Hall–Kier alpha value is -3.90. The van der Waals surface area contributed by atoms with Crippen molar-refractivity contribution in [3.05, 3.63) is 48.4 Å². The summed E-state index contributed by atoms with van der Waals surface area (Å²) in [5, 5.41) is 18.7. The van der Waals surface area contributed by atoms with E-state index in [-0.39, 0.29) is 5.75 Å². The molecule has 180 valence electrons. The van der Waals surface area contributed by atoms with E-state index in [9.17, 15) is 5.11 Å². The van der Waals surface area contributed by atoms with E-state index in [4.69, 9.17) is 10.7 Å². The van der Waals surface area contributed by atoms with Gasteiger partial charge in [-0.05, 0) is 63.5 Å². The number of hydrogen-bond donors (Lipinski definition) is 2. The molecule has 0 spiro atoms. The number of fused-ring (bicyclic) bond motifs is 2. The third kappa shape index (κ3) is 4.84. The van der Waals surface area contributed by atoms with Crippen LogP contribution in [0.1, 0.15) is 25.1 Å². The number of hydrogen-bond acceptors (Lipinski definition) is 9. The standard InChI is InChI=1S/C26H30N8O/c1-32(2)14-5-8-24-28-13-11-25(29-24)34-18-9-10-19(34)17-33(15-12-18)22-16-21(30-31-26(22)27)20-6-3-4-7-23(20)35/h3-4,6-7,11,13,16,18-19,35H,9-10,12,14-15,17H2,1-2H3,(H2,27,31). The van der Waals surface area contributed by atoms with Gasteiger partial charge in [0.15, 0.2) is 5.82 Å². The van der Waals surface area contributed by atoms with Crippen LogP contribution < -0.4 is 15.5 Å². The Morgan fingerprint density at radius 1 is 1.11 bits per heavy atom. The molecule has 9 nitrogen and oxygen atoms in total. The van der Waals surface area contributed by atoms with Crippen LogP contribution in [0.5, 0.6) is 5.75 Å². The average molecular weight is 471 g/mol. The molecular formula is C26H30N8O. The normalized spacial score (nSPS) is 19.4. The highest BCUT2D eigenvalue weighted by Crippen LogP contribution is 2.37. The lowest BCUT2D eigenvalue weighted by Gasteiger charge is -2.30. The number of nitrogens with zero attached hydrogens (tertiary/aromatic N) is 7. The van der Waals surface area contributed by atoms with E-state index in [0.717, 1.165) is 43.9 Å². The molecule has 4 heterocycles. The van der Waals surface area contributed by atoms with Crippen LogP contribution in [0.15, 0.2) is 42.6 Å². The van der Waals surface area contributed by atoms with Crippen LogP contribution in [0.2, 0.25) is 0 Å². The number of aromatic hydroxyl groups is 1. The fraction of sp³-hybridized carbons (Fsp3) is 0.385. The van der Waals surface area contributed by atoms with E-state index in [1.807, 2.05) is 43.3 Å². The monoisotopic (exact) mass is 470 g/mol. The van der Waals surface area contributed by atoms with Gasteiger partial charge < -0.3 is 20.6 Å². The third-order valence-corrected chi connectivity index (χ3v) is 6.61. The second-order valence-electron chi connectivity index (χ2n) is 9.32. The number of anilines is 3. The zero-order chi connectivity index (χ0) is 24.4. The van der Waals surface area contributed by atoms with E-state index >= 15 is 0 Å². The van der Waals surface area contributed by atoms with Gasteiger partial charge in [-0.1, -0.05) is 18.1 Å². The van der Waals surface area contributed by atoms with Crippen LogP contribution in [0.3, 0.4) is 0 Å². The summed E-state index contributed by atoms with van der Waals surface area (Å²) in [6.45, 7) is 2.33. The van der Waals surface area contributed by atoms with Crippen molar-refractivity contribution >= 4 is 17.3 Å². The van der Waals surface area contributed by atoms with Crippen LogP contribution in [-0.2, 0) is 0 Å². The minimum absolute atomic E-state index is 0.173. The van der Waals surface area contributed by atoms with Crippen LogP contribution in [0, 0.1) is 11.8 Å². The molecule has 5 rings (SSSR count). The first-order valence-electron chi connectivity index (χ1n) is 11.9. The molecule has 1 aromatic carbocycles. The van der Waals surface area contributed by atoms with Crippen molar-refractivity contribution < 1.29 is 5.11 Å². The van der Waals surface area contributed by atoms with E-state index < -0.39 is 0 Å². The molecule has 2 saturated heterocycles. The van der Waals surface area contributed by atoms with Crippen molar-refractivity contribution in [3.8, 4) is 28.8 Å². The molecule has 0 radical (unpaired) electrons. The first-order valence-corrected chi connectivity index (χ1v) is 11.9. The van der Waals surface area contributed by atoms with Crippen LogP contribution in [0.25, 0.3) is 11.3 Å². The van der Waals surface area contributed by atoms with Gasteiger partial charge in [-0.2, -0.15) is 0 Å². The van der Waals surface area contributed by atoms with Crippen molar-refractivity contribution in [1.82, 2.24) is 25.1 Å². The molecule has 2 atom stereocenters. The molecule has 3 N–H and O–H groups in total. The minimum atomic E-state index is 0.173. The van der Waals surface area contributed by atoms with Crippen molar-refractivity contribution in [3.63, 3.8) is 0 Å². The highest BCUT2D eigenvalue weighted by atomic mass is 16.3. The number of aromatic nitrogens is 4. The summed E-state index contributed by atoms with van der Waals surface area (Å²) in [4.78, 5) is 15.9. The van der Waals surface area contributed by atoms with E-state index in [1.54, 1.807) is 18.3 Å². The number of rotatable bonds is 4.